The van der Waals surface area contributed by atoms with Crippen LogP contribution in [0.25, 0.3) is 11.8 Å². The fourth-order valence-electron chi connectivity index (χ4n) is 1.00. The Kier molecular flexibility index (Phi) is 3.27. The van der Waals surface area contributed by atoms with Crippen molar-refractivity contribution in [1.82, 2.24) is 0 Å². The number of aliphatic hydroxyl groups is 1. The molecular formula is C8H6O2Si2. The summed E-state index contributed by atoms with van der Waals surface area (Å²) in [6.07, 6.45) is 1.76. The van der Waals surface area contributed by atoms with Crippen molar-refractivity contribution >= 4 is 32.8 Å². The van der Waals surface area contributed by atoms with E-state index in [1.165, 1.54) is 0 Å². The molecule has 2 rings (SSSR count). The molecule has 0 fully saturated rings. The Morgan fingerprint density at radius 1 is 1.17 bits per heavy atom. The molecule has 0 saturated heterocycles. The van der Waals surface area contributed by atoms with E-state index in [1.54, 1.807) is 6.08 Å². The van der Waals surface area contributed by atoms with Crippen LogP contribution in [-0.2, 0) is 4.12 Å². The van der Waals surface area contributed by atoms with E-state index in [2.05, 4.69) is 25.1 Å². The van der Waals surface area contributed by atoms with E-state index in [-0.39, 0.29) is 0 Å². The van der Waals surface area contributed by atoms with Crippen LogP contribution >= 0.6 is 0 Å². The van der Waals surface area contributed by atoms with Gasteiger partial charge in [0.1, 0.15) is 5.76 Å². The van der Waals surface area contributed by atoms with E-state index in [0.717, 1.165) is 11.1 Å². The number of hydrogen-bond acceptors (Lipinski definition) is 2. The standard InChI is InChI=1S/C8H6O.OSi2/c9-8-5-6-3-1-2-4-7(6)8;2-1-3/h1-5,9H;. The van der Waals surface area contributed by atoms with Crippen molar-refractivity contribution in [1.29, 1.82) is 0 Å². The second kappa shape index (κ2) is 4.25. The third-order valence-corrected chi connectivity index (χ3v) is 1.53. The molecule has 58 valence electrons. The summed E-state index contributed by atoms with van der Waals surface area (Å²) in [5.74, 6) is 0.408. The van der Waals surface area contributed by atoms with Gasteiger partial charge >= 0.3 is 0 Å². The van der Waals surface area contributed by atoms with Gasteiger partial charge in [-0.25, -0.2) is 0 Å². The summed E-state index contributed by atoms with van der Waals surface area (Å²) in [4.78, 5) is 0. The first-order chi connectivity index (χ1) is 5.79. The average molecular weight is 190 g/mol. The normalized spacial score (nSPS) is 11.7. The number of rotatable bonds is 0. The highest BCUT2D eigenvalue weighted by Gasteiger charge is 2.12. The van der Waals surface area contributed by atoms with Gasteiger partial charge in [0.15, 0.2) is 0 Å². The molecule has 0 saturated carbocycles. The molecule has 1 aromatic rings. The van der Waals surface area contributed by atoms with Crippen molar-refractivity contribution in [3.05, 3.63) is 35.4 Å². The van der Waals surface area contributed by atoms with Crippen LogP contribution in [0.3, 0.4) is 0 Å². The molecule has 0 spiro atoms. The number of aliphatic hydroxyl groups excluding tert-OH is 1. The van der Waals surface area contributed by atoms with E-state index in [1.807, 2.05) is 24.3 Å². The number of fused-ring (bicyclic) bond motifs is 1. The Bertz CT molecular complexity index is 297. The van der Waals surface area contributed by atoms with Gasteiger partial charge in [0, 0.05) is 5.56 Å². The molecule has 0 heterocycles. The fourth-order valence-corrected chi connectivity index (χ4v) is 1.00. The minimum Gasteiger partial charge on any atom is -0.507 e. The Labute approximate surface area is 78.0 Å². The molecule has 6 radical (unpaired) electrons. The maximum absolute atomic E-state index is 8.96. The quantitative estimate of drug-likeness (QED) is 0.623. The highest BCUT2D eigenvalue weighted by atomic mass is 28.3. The van der Waals surface area contributed by atoms with E-state index in [0.29, 0.717) is 5.76 Å². The molecule has 2 nitrogen and oxygen atoms in total. The van der Waals surface area contributed by atoms with Crippen LogP contribution in [0.15, 0.2) is 24.3 Å². The topological polar surface area (TPSA) is 29.5 Å². The molecule has 1 aliphatic carbocycles. The van der Waals surface area contributed by atoms with Gasteiger partial charge in [-0.3, -0.25) is 0 Å². The van der Waals surface area contributed by atoms with Crippen LogP contribution in [-0.4, -0.2) is 26.1 Å². The van der Waals surface area contributed by atoms with Crippen molar-refractivity contribution in [3.8, 4) is 0 Å². The van der Waals surface area contributed by atoms with Crippen LogP contribution in [0.4, 0.5) is 0 Å². The summed E-state index contributed by atoms with van der Waals surface area (Å²) in [6.45, 7) is 0. The molecule has 0 unspecified atom stereocenters. The summed E-state index contributed by atoms with van der Waals surface area (Å²) in [6, 6.07) is 7.77. The molecule has 12 heavy (non-hydrogen) atoms. The third kappa shape index (κ3) is 1.85. The highest BCUT2D eigenvalue weighted by Crippen LogP contribution is 2.28. The zero-order valence-electron chi connectivity index (χ0n) is 6.24. The van der Waals surface area contributed by atoms with Crippen LogP contribution < -0.4 is 0 Å². The van der Waals surface area contributed by atoms with Gasteiger partial charge in [0.25, 0.3) is 0 Å². The third-order valence-electron chi connectivity index (χ3n) is 1.53. The van der Waals surface area contributed by atoms with Gasteiger partial charge in [-0.1, -0.05) is 24.3 Å². The number of benzene rings is 1. The fraction of sp³-hybridized carbons (Fsp3) is 0. The lowest BCUT2D eigenvalue weighted by atomic mass is 9.96. The summed E-state index contributed by atoms with van der Waals surface area (Å²) in [5, 5.41) is 8.96. The molecule has 0 aromatic heterocycles. The van der Waals surface area contributed by atoms with Gasteiger partial charge in [-0.2, -0.15) is 0 Å². The Morgan fingerprint density at radius 2 is 1.75 bits per heavy atom. The zero-order chi connectivity index (χ0) is 8.97. The predicted molar refractivity (Wildman–Crippen MR) is 49.5 cm³/mol. The smallest absolute Gasteiger partial charge is 0.229 e. The molecule has 4 heteroatoms. The second-order valence-electron chi connectivity index (χ2n) is 2.22. The Balaban J connectivity index is 0.000000213. The van der Waals surface area contributed by atoms with Crippen molar-refractivity contribution in [3.63, 3.8) is 0 Å². The molecule has 0 amide bonds. The minimum absolute atomic E-state index is 0.408. The zero-order valence-corrected chi connectivity index (χ0v) is 8.24. The average Bonchev–Trinajstić information content (AvgIpc) is 2.04. The first-order valence-corrected chi connectivity index (χ1v) is 4.10. The minimum atomic E-state index is 0.408. The maximum atomic E-state index is 8.96. The van der Waals surface area contributed by atoms with Crippen molar-refractivity contribution in [2.45, 2.75) is 0 Å². The van der Waals surface area contributed by atoms with Crippen LogP contribution in [0.5, 0.6) is 0 Å². The summed E-state index contributed by atoms with van der Waals surface area (Å²) in [7, 11) is 5.19. The van der Waals surface area contributed by atoms with Gasteiger partial charge in [0.05, 0.1) is 0 Å². The first-order valence-electron chi connectivity index (χ1n) is 3.29. The van der Waals surface area contributed by atoms with Crippen LogP contribution in [0.2, 0.25) is 0 Å². The maximum Gasteiger partial charge on any atom is 0.229 e. The van der Waals surface area contributed by atoms with Crippen LogP contribution in [0.1, 0.15) is 11.1 Å². The van der Waals surface area contributed by atoms with Gasteiger partial charge in [-0.05, 0) is 11.6 Å². The van der Waals surface area contributed by atoms with Gasteiger partial charge in [-0.15, -0.1) is 0 Å². The summed E-state index contributed by atoms with van der Waals surface area (Å²) < 4.78 is 3.86. The van der Waals surface area contributed by atoms with Crippen LogP contribution in [0, 0.1) is 0 Å². The number of hydrogen-bond donors (Lipinski definition) is 1. The molecule has 0 atom stereocenters. The van der Waals surface area contributed by atoms with E-state index < -0.39 is 0 Å². The molecular weight excluding hydrogens is 184 g/mol. The molecule has 1 N–H and O–H groups in total. The first kappa shape index (κ1) is 9.24. The Hall–Kier alpha value is -0.846. The lowest BCUT2D eigenvalue weighted by Crippen LogP contribution is -1.95. The summed E-state index contributed by atoms with van der Waals surface area (Å²) in [5.41, 5.74) is 2.10. The Morgan fingerprint density at radius 3 is 2.17 bits per heavy atom. The van der Waals surface area contributed by atoms with Crippen molar-refractivity contribution < 1.29 is 9.22 Å². The van der Waals surface area contributed by atoms with Crippen molar-refractivity contribution in [2.24, 2.45) is 0 Å². The predicted octanol–water partition coefficient (Wildman–Crippen LogP) is 1.23. The molecule has 1 aliphatic rings. The van der Waals surface area contributed by atoms with E-state index >= 15 is 0 Å². The SMILES string of the molecule is OC1=Cc2ccccc21.[Si]O[Si]. The lowest BCUT2D eigenvalue weighted by Gasteiger charge is -2.12. The highest BCUT2D eigenvalue weighted by molar-refractivity contribution is 6.15. The largest absolute Gasteiger partial charge is 0.507 e. The van der Waals surface area contributed by atoms with Crippen molar-refractivity contribution in [2.75, 3.05) is 0 Å². The van der Waals surface area contributed by atoms with Gasteiger partial charge in [0.2, 0.25) is 21.0 Å². The molecule has 0 aliphatic heterocycles. The van der Waals surface area contributed by atoms with Gasteiger partial charge < -0.3 is 9.22 Å². The van der Waals surface area contributed by atoms with E-state index in [4.69, 9.17) is 5.11 Å². The monoisotopic (exact) mass is 190 g/mol. The summed E-state index contributed by atoms with van der Waals surface area (Å²) >= 11 is 0. The molecule has 1 aromatic carbocycles. The van der Waals surface area contributed by atoms with E-state index in [9.17, 15) is 0 Å². The lowest BCUT2D eigenvalue weighted by molar-refractivity contribution is 0.511. The molecule has 0 bridgehead atoms. The second-order valence-corrected chi connectivity index (χ2v) is 3.04.